The zero-order chi connectivity index (χ0) is 21.0. The van der Waals surface area contributed by atoms with Gasteiger partial charge in [0.15, 0.2) is 5.16 Å². The number of thioether (sulfide) groups is 1. The van der Waals surface area contributed by atoms with Crippen LogP contribution < -0.4 is 10.9 Å². The van der Waals surface area contributed by atoms with Gasteiger partial charge in [-0.05, 0) is 50.5 Å². The van der Waals surface area contributed by atoms with Gasteiger partial charge in [-0.3, -0.25) is 9.59 Å². The first-order valence-corrected chi connectivity index (χ1v) is 10.4. The summed E-state index contributed by atoms with van der Waals surface area (Å²) in [5, 5.41) is 3.61. The van der Waals surface area contributed by atoms with E-state index >= 15 is 0 Å². The average Bonchev–Trinajstić information content (AvgIpc) is 2.68. The fourth-order valence-electron chi connectivity index (χ4n) is 3.03. The van der Waals surface area contributed by atoms with Crippen LogP contribution in [-0.2, 0) is 11.2 Å². The average molecular weight is 408 g/mol. The molecule has 6 heteroatoms. The van der Waals surface area contributed by atoms with Crippen LogP contribution in [0.1, 0.15) is 40.1 Å². The molecule has 150 valence electrons. The molecule has 0 saturated carbocycles. The van der Waals surface area contributed by atoms with Crippen LogP contribution in [0.3, 0.4) is 0 Å². The van der Waals surface area contributed by atoms with E-state index in [2.05, 4.69) is 34.3 Å². The molecule has 0 aliphatic rings. The van der Waals surface area contributed by atoms with Crippen molar-refractivity contribution in [1.29, 1.82) is 0 Å². The van der Waals surface area contributed by atoms with Gasteiger partial charge in [-0.2, -0.15) is 0 Å². The van der Waals surface area contributed by atoms with Gasteiger partial charge >= 0.3 is 0 Å². The Labute approximate surface area is 175 Å². The van der Waals surface area contributed by atoms with Gasteiger partial charge in [-0.15, -0.1) is 0 Å². The number of hydrogen-bond donors (Lipinski definition) is 2. The number of aryl methyl sites for hydroxylation is 3. The minimum atomic E-state index is -0.267. The van der Waals surface area contributed by atoms with Gasteiger partial charge in [0.2, 0.25) is 5.91 Å². The highest BCUT2D eigenvalue weighted by atomic mass is 32.2. The number of aromatic amines is 1. The number of rotatable bonds is 6. The number of carbonyl (C=O) groups is 1. The van der Waals surface area contributed by atoms with Crippen molar-refractivity contribution in [3.63, 3.8) is 0 Å². The highest BCUT2D eigenvalue weighted by Gasteiger charge is 2.16. The van der Waals surface area contributed by atoms with E-state index in [9.17, 15) is 9.59 Å². The third-order valence-corrected chi connectivity index (χ3v) is 5.80. The molecule has 3 aromatic rings. The lowest BCUT2D eigenvalue weighted by Crippen LogP contribution is -2.24. The highest BCUT2D eigenvalue weighted by Crippen LogP contribution is 2.32. The van der Waals surface area contributed by atoms with Gasteiger partial charge in [0.1, 0.15) is 0 Å². The van der Waals surface area contributed by atoms with Crippen molar-refractivity contribution in [2.24, 2.45) is 0 Å². The molecule has 1 unspecified atom stereocenters. The summed E-state index contributed by atoms with van der Waals surface area (Å²) in [6.45, 7) is 7.75. The first-order chi connectivity index (χ1) is 13.8. The number of hydrogen-bond acceptors (Lipinski definition) is 4. The Morgan fingerprint density at radius 3 is 2.55 bits per heavy atom. The standard InChI is InChI=1S/C23H25N3O2S/c1-14-10-11-15(2)20(12-14)25-21(27)13-19-16(3)24-23(26-22(19)28)29-17(4)18-8-6-5-7-9-18/h5-12,17H,13H2,1-4H3,(H,25,27)(H,24,26,28). The van der Waals surface area contributed by atoms with Crippen molar-refractivity contribution in [2.75, 3.05) is 5.32 Å². The van der Waals surface area contributed by atoms with Crippen molar-refractivity contribution in [3.8, 4) is 0 Å². The lowest BCUT2D eigenvalue weighted by molar-refractivity contribution is -0.115. The molecule has 0 aliphatic carbocycles. The minimum Gasteiger partial charge on any atom is -0.326 e. The van der Waals surface area contributed by atoms with Crippen LogP contribution in [0.25, 0.3) is 0 Å². The largest absolute Gasteiger partial charge is 0.326 e. The fraction of sp³-hybridized carbons (Fsp3) is 0.261. The van der Waals surface area contributed by atoms with E-state index in [0.717, 1.165) is 22.4 Å². The maximum atomic E-state index is 12.6. The number of anilines is 1. The molecule has 0 saturated heterocycles. The molecule has 0 aliphatic heterocycles. The molecule has 0 bridgehead atoms. The number of nitrogens with one attached hydrogen (secondary N) is 2. The van der Waals surface area contributed by atoms with E-state index in [1.165, 1.54) is 11.8 Å². The summed E-state index contributed by atoms with van der Waals surface area (Å²) in [6.07, 6.45) is -0.0132. The zero-order valence-corrected chi connectivity index (χ0v) is 17.9. The molecule has 2 aromatic carbocycles. The summed E-state index contributed by atoms with van der Waals surface area (Å²) in [5.74, 6) is -0.229. The zero-order valence-electron chi connectivity index (χ0n) is 17.1. The molecule has 1 heterocycles. The van der Waals surface area contributed by atoms with Gasteiger partial charge in [-0.1, -0.05) is 54.2 Å². The second kappa shape index (κ2) is 9.09. The Kier molecular flexibility index (Phi) is 6.54. The van der Waals surface area contributed by atoms with Gasteiger partial charge in [0, 0.05) is 22.2 Å². The topological polar surface area (TPSA) is 74.8 Å². The third-order valence-electron chi connectivity index (χ3n) is 4.76. The molecule has 0 radical (unpaired) electrons. The molecule has 29 heavy (non-hydrogen) atoms. The van der Waals surface area contributed by atoms with Gasteiger partial charge in [0.25, 0.3) is 5.56 Å². The van der Waals surface area contributed by atoms with Crippen molar-refractivity contribution >= 4 is 23.4 Å². The summed E-state index contributed by atoms with van der Waals surface area (Å²) in [7, 11) is 0. The molecule has 0 fully saturated rings. The van der Waals surface area contributed by atoms with Gasteiger partial charge in [0.05, 0.1) is 6.42 Å². The number of carbonyl (C=O) groups excluding carboxylic acids is 1. The fourth-order valence-corrected chi connectivity index (χ4v) is 4.00. The Balaban J connectivity index is 1.73. The van der Waals surface area contributed by atoms with Crippen LogP contribution in [0.5, 0.6) is 0 Å². The molecule has 2 N–H and O–H groups in total. The molecule has 3 rings (SSSR count). The number of amides is 1. The second-order valence-corrected chi connectivity index (χ2v) is 8.48. The van der Waals surface area contributed by atoms with Crippen molar-refractivity contribution < 1.29 is 4.79 Å². The van der Waals surface area contributed by atoms with Crippen LogP contribution in [0.2, 0.25) is 0 Å². The Hall–Kier alpha value is -2.86. The van der Waals surface area contributed by atoms with Crippen LogP contribution in [0, 0.1) is 20.8 Å². The molecule has 0 spiro atoms. The SMILES string of the molecule is Cc1ccc(C)c(NC(=O)Cc2c(C)nc(SC(C)c3ccccc3)[nH]c2=O)c1. The van der Waals surface area contributed by atoms with Crippen molar-refractivity contribution in [2.45, 2.75) is 44.5 Å². The van der Waals surface area contributed by atoms with E-state index in [1.54, 1.807) is 6.92 Å². The Bertz CT molecular complexity index is 1080. The lowest BCUT2D eigenvalue weighted by atomic mass is 10.1. The summed E-state index contributed by atoms with van der Waals surface area (Å²) in [4.78, 5) is 32.4. The molecule has 5 nitrogen and oxygen atoms in total. The quantitative estimate of drug-likeness (QED) is 0.458. The second-order valence-electron chi connectivity index (χ2n) is 7.15. The van der Waals surface area contributed by atoms with Crippen LogP contribution in [0.4, 0.5) is 5.69 Å². The predicted molar refractivity (Wildman–Crippen MR) is 119 cm³/mol. The normalized spacial score (nSPS) is 11.9. The maximum Gasteiger partial charge on any atom is 0.255 e. The maximum absolute atomic E-state index is 12.6. The molecule has 1 atom stereocenters. The smallest absolute Gasteiger partial charge is 0.255 e. The van der Waals surface area contributed by atoms with Crippen molar-refractivity contribution in [1.82, 2.24) is 9.97 Å². The molecule has 1 amide bonds. The third kappa shape index (κ3) is 5.35. The predicted octanol–water partition coefficient (Wildman–Crippen LogP) is 4.73. The van der Waals surface area contributed by atoms with Crippen LogP contribution in [0.15, 0.2) is 58.5 Å². The first-order valence-electron chi connectivity index (χ1n) is 9.52. The highest BCUT2D eigenvalue weighted by molar-refractivity contribution is 7.99. The number of H-pyrrole nitrogens is 1. The van der Waals surface area contributed by atoms with Crippen LogP contribution in [-0.4, -0.2) is 15.9 Å². The summed E-state index contributed by atoms with van der Waals surface area (Å²) < 4.78 is 0. The van der Waals surface area contributed by atoms with Crippen molar-refractivity contribution in [3.05, 3.63) is 86.8 Å². The van der Waals surface area contributed by atoms with E-state index in [4.69, 9.17) is 0 Å². The monoisotopic (exact) mass is 407 g/mol. The Morgan fingerprint density at radius 1 is 1.14 bits per heavy atom. The number of benzene rings is 2. The Morgan fingerprint density at radius 2 is 1.86 bits per heavy atom. The molecular formula is C23H25N3O2S. The van der Waals surface area contributed by atoms with Crippen LogP contribution >= 0.6 is 11.8 Å². The lowest BCUT2D eigenvalue weighted by Gasteiger charge is -2.13. The number of aromatic nitrogens is 2. The van der Waals surface area contributed by atoms with E-state index in [1.807, 2.05) is 50.2 Å². The summed E-state index contributed by atoms with van der Waals surface area (Å²) >= 11 is 1.49. The molecular weight excluding hydrogens is 382 g/mol. The minimum absolute atomic E-state index is 0.0132. The van der Waals surface area contributed by atoms with E-state index in [0.29, 0.717) is 16.4 Å². The van der Waals surface area contributed by atoms with Gasteiger partial charge in [-0.25, -0.2) is 4.98 Å². The first kappa shape index (κ1) is 20.9. The van der Waals surface area contributed by atoms with E-state index in [-0.39, 0.29) is 23.1 Å². The summed E-state index contributed by atoms with van der Waals surface area (Å²) in [5.41, 5.74) is 4.68. The molecule has 1 aromatic heterocycles. The van der Waals surface area contributed by atoms with Gasteiger partial charge < -0.3 is 10.3 Å². The van der Waals surface area contributed by atoms with E-state index < -0.39 is 0 Å². The number of nitrogens with zero attached hydrogens (tertiary/aromatic N) is 1. The summed E-state index contributed by atoms with van der Waals surface area (Å²) in [6, 6.07) is 15.9.